The maximum Gasteiger partial charge on any atom is 0.214 e. The highest BCUT2D eigenvalue weighted by atomic mass is 32.2. The average Bonchev–Trinajstić information content (AvgIpc) is 3.40. The van der Waals surface area contributed by atoms with Gasteiger partial charge in [0.25, 0.3) is 0 Å². The summed E-state index contributed by atoms with van der Waals surface area (Å²) in [4.78, 5) is 12.8. The second kappa shape index (κ2) is 8.22. The molecule has 4 heterocycles. The molecule has 0 radical (unpaired) electrons. The summed E-state index contributed by atoms with van der Waals surface area (Å²) < 4.78 is 28.9. The van der Waals surface area contributed by atoms with Crippen LogP contribution in [0.25, 0.3) is 27.8 Å². The number of anilines is 1. The van der Waals surface area contributed by atoms with Crippen LogP contribution >= 0.6 is 0 Å². The molecule has 32 heavy (non-hydrogen) atoms. The molecule has 3 aromatic heterocycles. The summed E-state index contributed by atoms with van der Waals surface area (Å²) >= 11 is 0. The Bertz CT molecular complexity index is 1330. The lowest BCUT2D eigenvalue weighted by atomic mass is 9.97. The third kappa shape index (κ3) is 3.65. The Morgan fingerprint density at radius 2 is 2.00 bits per heavy atom. The third-order valence-corrected chi connectivity index (χ3v) is 8.32. The Kier molecular flexibility index (Phi) is 5.38. The van der Waals surface area contributed by atoms with Gasteiger partial charge in [0.1, 0.15) is 22.9 Å². The summed E-state index contributed by atoms with van der Waals surface area (Å²) in [5.74, 6) is 1.72. The van der Waals surface area contributed by atoms with E-state index in [-0.39, 0.29) is 11.7 Å². The molecule has 4 aromatic rings. The second-order valence-electron chi connectivity index (χ2n) is 8.46. The maximum absolute atomic E-state index is 12.6. The summed E-state index contributed by atoms with van der Waals surface area (Å²) in [7, 11) is -3.18. The van der Waals surface area contributed by atoms with E-state index in [0.29, 0.717) is 25.3 Å². The van der Waals surface area contributed by atoms with Crippen molar-refractivity contribution < 1.29 is 8.42 Å². The maximum atomic E-state index is 12.6. The lowest BCUT2D eigenvalue weighted by Gasteiger charge is -2.30. The van der Waals surface area contributed by atoms with Crippen LogP contribution in [0.15, 0.2) is 42.7 Å². The van der Waals surface area contributed by atoms with E-state index in [1.54, 1.807) is 10.5 Å². The molecule has 8 nitrogen and oxygen atoms in total. The number of nitrogens with zero attached hydrogens (tertiary/aromatic N) is 4. The van der Waals surface area contributed by atoms with Gasteiger partial charge in [0.05, 0.1) is 11.4 Å². The number of rotatable bonds is 6. The molecule has 0 bridgehead atoms. The number of aromatic amines is 1. The molecule has 1 aliphatic heterocycles. The smallest absolute Gasteiger partial charge is 0.214 e. The Morgan fingerprint density at radius 1 is 1.22 bits per heavy atom. The monoisotopic (exact) mass is 452 g/mol. The number of benzene rings is 1. The number of nitrogen functional groups attached to an aromatic ring is 1. The minimum absolute atomic E-state index is 0.153. The Labute approximate surface area is 187 Å². The van der Waals surface area contributed by atoms with Gasteiger partial charge in [-0.3, -0.25) is 4.40 Å². The van der Waals surface area contributed by atoms with Crippen LogP contribution < -0.4 is 5.73 Å². The Balaban J connectivity index is 1.49. The van der Waals surface area contributed by atoms with Crippen LogP contribution in [0.5, 0.6) is 0 Å². The van der Waals surface area contributed by atoms with Gasteiger partial charge >= 0.3 is 0 Å². The normalized spacial score (nSPS) is 16.3. The third-order valence-electron chi connectivity index (χ3n) is 6.36. The van der Waals surface area contributed by atoms with E-state index >= 15 is 0 Å². The van der Waals surface area contributed by atoms with Crippen molar-refractivity contribution in [3.8, 4) is 11.4 Å². The van der Waals surface area contributed by atoms with E-state index < -0.39 is 10.0 Å². The number of fused-ring (bicyclic) bond motifs is 2. The number of hydrogen-bond acceptors (Lipinski definition) is 5. The number of hydrogen-bond donors (Lipinski definition) is 2. The highest BCUT2D eigenvalue weighted by Gasteiger charge is 2.31. The first-order chi connectivity index (χ1) is 15.5. The molecule has 9 heteroatoms. The van der Waals surface area contributed by atoms with Crippen LogP contribution in [0.1, 0.15) is 44.3 Å². The van der Waals surface area contributed by atoms with Crippen molar-refractivity contribution in [2.24, 2.45) is 0 Å². The van der Waals surface area contributed by atoms with E-state index in [4.69, 9.17) is 10.7 Å². The molecule has 0 unspecified atom stereocenters. The van der Waals surface area contributed by atoms with Gasteiger partial charge in [0, 0.05) is 42.3 Å². The molecular formula is C23H28N6O2S. The number of aromatic nitrogens is 4. The Hall–Kier alpha value is -2.91. The first-order valence-electron chi connectivity index (χ1n) is 11.2. The van der Waals surface area contributed by atoms with E-state index in [9.17, 15) is 8.42 Å². The van der Waals surface area contributed by atoms with Crippen molar-refractivity contribution in [1.29, 1.82) is 0 Å². The van der Waals surface area contributed by atoms with E-state index in [0.717, 1.165) is 52.9 Å². The quantitative estimate of drug-likeness (QED) is 0.463. The summed E-state index contributed by atoms with van der Waals surface area (Å²) in [6, 6.07) is 10.2. The predicted octanol–water partition coefficient (Wildman–Crippen LogP) is 3.77. The molecular weight excluding hydrogens is 424 g/mol. The van der Waals surface area contributed by atoms with Crippen LogP contribution in [0.4, 0.5) is 5.82 Å². The Morgan fingerprint density at radius 3 is 2.75 bits per heavy atom. The predicted molar refractivity (Wildman–Crippen MR) is 127 cm³/mol. The highest BCUT2D eigenvalue weighted by Crippen LogP contribution is 2.35. The fraction of sp³-hybridized carbons (Fsp3) is 0.391. The number of unbranched alkanes of at least 4 members (excludes halogenated alkanes) is 1. The lowest BCUT2D eigenvalue weighted by Crippen LogP contribution is -2.39. The number of H-pyrrole nitrogens is 1. The molecule has 1 saturated heterocycles. The van der Waals surface area contributed by atoms with Gasteiger partial charge in [-0.2, -0.15) is 0 Å². The van der Waals surface area contributed by atoms with E-state index in [1.807, 2.05) is 35.7 Å². The largest absolute Gasteiger partial charge is 0.382 e. The van der Waals surface area contributed by atoms with E-state index in [1.165, 1.54) is 0 Å². The molecule has 0 spiro atoms. The molecule has 3 N–H and O–H groups in total. The van der Waals surface area contributed by atoms with Crippen LogP contribution in [-0.2, 0) is 10.0 Å². The minimum atomic E-state index is -3.18. The SMILES string of the molecule is CCCCS(=O)(=O)N1CCC(c2nc(-c3cc4ccccc4[nH]3)c3c(N)nccn23)CC1. The highest BCUT2D eigenvalue weighted by molar-refractivity contribution is 7.89. The molecule has 0 aliphatic carbocycles. The molecule has 5 rings (SSSR count). The molecule has 1 aliphatic rings. The molecule has 1 aromatic carbocycles. The van der Waals surface area contributed by atoms with Crippen molar-refractivity contribution in [2.75, 3.05) is 24.6 Å². The second-order valence-corrected chi connectivity index (χ2v) is 10.6. The first kappa shape index (κ1) is 21.0. The number of piperidine rings is 1. The lowest BCUT2D eigenvalue weighted by molar-refractivity contribution is 0.313. The molecule has 1 fully saturated rings. The van der Waals surface area contributed by atoms with Gasteiger partial charge in [0.15, 0.2) is 0 Å². The zero-order valence-corrected chi connectivity index (χ0v) is 19.0. The van der Waals surface area contributed by atoms with Crippen molar-refractivity contribution in [3.05, 3.63) is 48.5 Å². The van der Waals surface area contributed by atoms with Crippen molar-refractivity contribution in [1.82, 2.24) is 23.7 Å². The summed E-state index contributed by atoms with van der Waals surface area (Å²) in [5, 5.41) is 1.11. The molecule has 0 amide bonds. The topological polar surface area (TPSA) is 109 Å². The van der Waals surface area contributed by atoms with Gasteiger partial charge in [0.2, 0.25) is 10.0 Å². The fourth-order valence-corrected chi connectivity index (χ4v) is 6.29. The van der Waals surface area contributed by atoms with Crippen LogP contribution in [0.2, 0.25) is 0 Å². The average molecular weight is 453 g/mol. The summed E-state index contributed by atoms with van der Waals surface area (Å²) in [6.45, 7) is 3.05. The molecule has 0 saturated carbocycles. The summed E-state index contributed by atoms with van der Waals surface area (Å²) in [6.07, 6.45) is 6.63. The van der Waals surface area contributed by atoms with Crippen molar-refractivity contribution in [2.45, 2.75) is 38.5 Å². The zero-order chi connectivity index (χ0) is 22.3. The number of imidazole rings is 1. The van der Waals surface area contributed by atoms with Gasteiger partial charge in [-0.1, -0.05) is 31.5 Å². The number of nitrogens with two attached hydrogens (primary N) is 1. The fourth-order valence-electron chi connectivity index (χ4n) is 4.61. The minimum Gasteiger partial charge on any atom is -0.382 e. The standard InChI is InChI=1S/C23H28N6O2S/c1-2-3-14-32(30,31)28-11-8-16(9-12-28)23-27-20(21-22(24)25-10-13-29(21)23)19-15-17-6-4-5-7-18(17)26-19/h4-7,10,13,15-16,26H,2-3,8-9,11-12,14H2,1H3,(H2,24,25). The first-order valence-corrected chi connectivity index (χ1v) is 12.8. The van der Waals surface area contributed by atoms with Crippen molar-refractivity contribution >= 4 is 32.3 Å². The van der Waals surface area contributed by atoms with Crippen LogP contribution in [-0.4, -0.2) is 50.9 Å². The van der Waals surface area contributed by atoms with E-state index in [2.05, 4.69) is 22.1 Å². The van der Waals surface area contributed by atoms with Gasteiger partial charge in [-0.15, -0.1) is 0 Å². The van der Waals surface area contributed by atoms with Gasteiger partial charge in [-0.25, -0.2) is 22.7 Å². The molecule has 168 valence electrons. The van der Waals surface area contributed by atoms with Gasteiger partial charge < -0.3 is 10.7 Å². The molecule has 0 atom stereocenters. The van der Waals surface area contributed by atoms with Gasteiger partial charge in [-0.05, 0) is 31.4 Å². The van der Waals surface area contributed by atoms with Crippen LogP contribution in [0, 0.1) is 0 Å². The number of para-hydroxylation sites is 1. The number of sulfonamides is 1. The number of nitrogens with one attached hydrogen (secondary N) is 1. The summed E-state index contributed by atoms with van der Waals surface area (Å²) in [5.41, 5.74) is 9.78. The zero-order valence-electron chi connectivity index (χ0n) is 18.2. The van der Waals surface area contributed by atoms with Crippen molar-refractivity contribution in [3.63, 3.8) is 0 Å². The van der Waals surface area contributed by atoms with Crippen LogP contribution in [0.3, 0.4) is 0 Å².